The lowest BCUT2D eigenvalue weighted by Crippen LogP contribution is -2.27. The molecule has 0 aliphatic heterocycles. The summed E-state index contributed by atoms with van der Waals surface area (Å²) in [5, 5.41) is 0.394. The van der Waals surface area contributed by atoms with Crippen LogP contribution in [0.1, 0.15) is 22.8 Å². The van der Waals surface area contributed by atoms with Crippen molar-refractivity contribution in [3.05, 3.63) is 58.6 Å². The first-order chi connectivity index (χ1) is 9.54. The molecule has 0 saturated carbocycles. The van der Waals surface area contributed by atoms with Gasteiger partial charge in [-0.15, -0.1) is 0 Å². The predicted molar refractivity (Wildman–Crippen MR) is 84.4 cm³/mol. The number of benzene rings is 2. The van der Waals surface area contributed by atoms with Crippen molar-refractivity contribution in [2.75, 3.05) is 17.7 Å². The first-order valence-electron chi connectivity index (χ1n) is 6.45. The molecule has 0 spiro atoms. The molecule has 0 aliphatic rings. The van der Waals surface area contributed by atoms with Crippen molar-refractivity contribution in [1.82, 2.24) is 0 Å². The summed E-state index contributed by atoms with van der Waals surface area (Å²) in [6, 6.07) is 13.0. The molecular weight excluding hydrogens is 272 g/mol. The number of nitrogens with zero attached hydrogens (tertiary/aromatic N) is 1. The van der Waals surface area contributed by atoms with E-state index in [0.717, 1.165) is 12.1 Å². The summed E-state index contributed by atoms with van der Waals surface area (Å²) < 4.78 is 0. The molecule has 0 radical (unpaired) electrons. The second-order valence-electron chi connectivity index (χ2n) is 4.59. The van der Waals surface area contributed by atoms with E-state index < -0.39 is 0 Å². The van der Waals surface area contributed by atoms with Crippen LogP contribution in [0.15, 0.2) is 42.5 Å². The summed E-state index contributed by atoms with van der Waals surface area (Å²) in [7, 11) is 1.73. The fraction of sp³-hybridized carbons (Fsp3) is 0.188. The van der Waals surface area contributed by atoms with Gasteiger partial charge in [0.2, 0.25) is 0 Å². The average molecular weight is 289 g/mol. The summed E-state index contributed by atoms with van der Waals surface area (Å²) in [6.07, 6.45) is 0.971. The smallest absolute Gasteiger partial charge is 0.260 e. The van der Waals surface area contributed by atoms with E-state index in [1.807, 2.05) is 24.3 Å². The lowest BCUT2D eigenvalue weighted by molar-refractivity contribution is 0.0994. The lowest BCUT2D eigenvalue weighted by Gasteiger charge is -2.19. The Labute approximate surface area is 124 Å². The molecule has 0 unspecified atom stereocenters. The van der Waals surface area contributed by atoms with Crippen molar-refractivity contribution < 1.29 is 4.79 Å². The third-order valence-corrected chi connectivity index (χ3v) is 3.65. The van der Waals surface area contributed by atoms with Gasteiger partial charge in [-0.3, -0.25) is 4.79 Å². The Morgan fingerprint density at radius 2 is 1.85 bits per heavy atom. The highest BCUT2D eigenvalue weighted by molar-refractivity contribution is 6.34. The van der Waals surface area contributed by atoms with E-state index in [1.54, 1.807) is 30.1 Å². The van der Waals surface area contributed by atoms with Gasteiger partial charge in [0.05, 0.1) is 16.3 Å². The van der Waals surface area contributed by atoms with Crippen LogP contribution < -0.4 is 10.6 Å². The van der Waals surface area contributed by atoms with Crippen LogP contribution in [0.2, 0.25) is 5.02 Å². The Hall–Kier alpha value is -2.00. The first kappa shape index (κ1) is 14.4. The topological polar surface area (TPSA) is 46.3 Å². The van der Waals surface area contributed by atoms with Crippen LogP contribution in [0.4, 0.5) is 11.4 Å². The summed E-state index contributed by atoms with van der Waals surface area (Å²) in [4.78, 5) is 14.0. The summed E-state index contributed by atoms with van der Waals surface area (Å²) in [5.41, 5.74) is 8.66. The van der Waals surface area contributed by atoms with E-state index in [-0.39, 0.29) is 5.91 Å². The zero-order chi connectivity index (χ0) is 14.7. The molecule has 2 aromatic carbocycles. The molecule has 2 aromatic rings. The van der Waals surface area contributed by atoms with Crippen molar-refractivity contribution in [2.45, 2.75) is 13.3 Å². The molecule has 0 aliphatic carbocycles. The van der Waals surface area contributed by atoms with E-state index in [0.29, 0.717) is 16.3 Å². The zero-order valence-electron chi connectivity index (χ0n) is 11.6. The van der Waals surface area contributed by atoms with Gasteiger partial charge in [-0.25, -0.2) is 0 Å². The average Bonchev–Trinajstić information content (AvgIpc) is 2.48. The molecule has 0 heterocycles. The van der Waals surface area contributed by atoms with Crippen LogP contribution in [0.3, 0.4) is 0 Å². The Morgan fingerprint density at radius 1 is 1.20 bits per heavy atom. The minimum atomic E-state index is -0.172. The van der Waals surface area contributed by atoms with E-state index in [2.05, 4.69) is 6.92 Å². The largest absolute Gasteiger partial charge is 0.397 e. The molecule has 2 N–H and O–H groups in total. The van der Waals surface area contributed by atoms with Gasteiger partial charge in [0.15, 0.2) is 0 Å². The van der Waals surface area contributed by atoms with Gasteiger partial charge in [-0.05, 0) is 36.2 Å². The molecule has 2 rings (SSSR count). The number of hydrogen-bond acceptors (Lipinski definition) is 2. The second kappa shape index (κ2) is 5.97. The molecule has 0 atom stereocenters. The van der Waals surface area contributed by atoms with Crippen LogP contribution in [0.5, 0.6) is 0 Å². The summed E-state index contributed by atoms with van der Waals surface area (Å²) in [6.45, 7) is 2.09. The van der Waals surface area contributed by atoms with Gasteiger partial charge in [-0.2, -0.15) is 0 Å². The van der Waals surface area contributed by atoms with Crippen molar-refractivity contribution in [1.29, 1.82) is 0 Å². The van der Waals surface area contributed by atoms with Gasteiger partial charge in [-0.1, -0.05) is 36.7 Å². The minimum Gasteiger partial charge on any atom is -0.397 e. The third-order valence-electron chi connectivity index (χ3n) is 3.32. The molecule has 0 aromatic heterocycles. The van der Waals surface area contributed by atoms with Crippen molar-refractivity contribution >= 4 is 28.9 Å². The third kappa shape index (κ3) is 2.78. The van der Waals surface area contributed by atoms with Crippen LogP contribution in [0.25, 0.3) is 0 Å². The number of amides is 1. The number of carbonyl (C=O) groups excluding carboxylic acids is 1. The Kier molecular flexibility index (Phi) is 4.30. The number of rotatable bonds is 3. The van der Waals surface area contributed by atoms with E-state index in [9.17, 15) is 4.79 Å². The number of para-hydroxylation sites is 1. The van der Waals surface area contributed by atoms with Crippen molar-refractivity contribution in [3.63, 3.8) is 0 Å². The minimum absolute atomic E-state index is 0.172. The van der Waals surface area contributed by atoms with Gasteiger partial charge >= 0.3 is 0 Å². The SMILES string of the molecule is CCc1ccc(N(C)C(=O)c2cccc(Cl)c2N)cc1. The Bertz CT molecular complexity index is 623. The van der Waals surface area contributed by atoms with E-state index in [1.165, 1.54) is 5.56 Å². The predicted octanol–water partition coefficient (Wildman–Crippen LogP) is 3.76. The van der Waals surface area contributed by atoms with Crippen molar-refractivity contribution in [3.8, 4) is 0 Å². The first-order valence-corrected chi connectivity index (χ1v) is 6.83. The number of nitrogen functional groups attached to an aromatic ring is 1. The molecular formula is C16H17ClN2O. The molecule has 0 fully saturated rings. The maximum Gasteiger partial charge on any atom is 0.260 e. The standard InChI is InChI=1S/C16H17ClN2O/c1-3-11-7-9-12(10-8-11)19(2)16(20)13-5-4-6-14(17)15(13)18/h4-10H,3,18H2,1-2H3. The molecule has 104 valence electrons. The van der Waals surface area contributed by atoms with Crippen LogP contribution in [0, 0.1) is 0 Å². The van der Waals surface area contributed by atoms with Gasteiger partial charge in [0.25, 0.3) is 5.91 Å². The molecule has 4 heteroatoms. The highest BCUT2D eigenvalue weighted by Crippen LogP contribution is 2.25. The molecule has 0 saturated heterocycles. The number of nitrogens with two attached hydrogens (primary N) is 1. The van der Waals surface area contributed by atoms with Gasteiger partial charge in [0.1, 0.15) is 0 Å². The Morgan fingerprint density at radius 3 is 2.45 bits per heavy atom. The number of anilines is 2. The quantitative estimate of drug-likeness (QED) is 0.874. The summed E-state index contributed by atoms with van der Waals surface area (Å²) >= 11 is 5.95. The monoisotopic (exact) mass is 288 g/mol. The van der Waals surface area contributed by atoms with Gasteiger partial charge in [0, 0.05) is 12.7 Å². The second-order valence-corrected chi connectivity index (χ2v) is 4.99. The number of aryl methyl sites for hydroxylation is 1. The number of hydrogen-bond donors (Lipinski definition) is 1. The zero-order valence-corrected chi connectivity index (χ0v) is 12.3. The molecule has 3 nitrogen and oxygen atoms in total. The van der Waals surface area contributed by atoms with Crippen LogP contribution in [-0.4, -0.2) is 13.0 Å². The van der Waals surface area contributed by atoms with Gasteiger partial charge < -0.3 is 10.6 Å². The maximum atomic E-state index is 12.5. The van der Waals surface area contributed by atoms with E-state index in [4.69, 9.17) is 17.3 Å². The fourth-order valence-corrected chi connectivity index (χ4v) is 2.15. The highest BCUT2D eigenvalue weighted by atomic mass is 35.5. The maximum absolute atomic E-state index is 12.5. The number of carbonyl (C=O) groups is 1. The molecule has 20 heavy (non-hydrogen) atoms. The molecule has 0 bridgehead atoms. The Balaban J connectivity index is 2.29. The van der Waals surface area contributed by atoms with E-state index >= 15 is 0 Å². The van der Waals surface area contributed by atoms with Crippen LogP contribution in [-0.2, 0) is 6.42 Å². The number of halogens is 1. The lowest BCUT2D eigenvalue weighted by atomic mass is 10.1. The van der Waals surface area contributed by atoms with Crippen LogP contribution >= 0.6 is 11.6 Å². The highest BCUT2D eigenvalue weighted by Gasteiger charge is 2.17. The molecule has 1 amide bonds. The van der Waals surface area contributed by atoms with Crippen molar-refractivity contribution in [2.24, 2.45) is 0 Å². The fourth-order valence-electron chi connectivity index (χ4n) is 1.98. The summed E-state index contributed by atoms with van der Waals surface area (Å²) in [5.74, 6) is -0.172. The normalized spacial score (nSPS) is 10.3.